The van der Waals surface area contributed by atoms with E-state index in [4.69, 9.17) is 16.1 Å². The first kappa shape index (κ1) is 11.6. The summed E-state index contributed by atoms with van der Waals surface area (Å²) in [6.07, 6.45) is 0. The zero-order valence-electron chi connectivity index (χ0n) is 8.01. The highest BCUT2D eigenvalue weighted by atomic mass is 16.6. The molecule has 0 bridgehead atoms. The molecule has 0 saturated carbocycles. The van der Waals surface area contributed by atoms with Crippen LogP contribution in [0.4, 0.5) is 5.69 Å². The molecule has 0 amide bonds. The Labute approximate surface area is 89.9 Å². The maximum Gasteiger partial charge on any atom is 0.343 e. The van der Waals surface area contributed by atoms with E-state index in [1.54, 1.807) is 6.07 Å². The minimum atomic E-state index is -1.47. The highest BCUT2D eigenvalue weighted by Crippen LogP contribution is 2.26. The summed E-state index contributed by atoms with van der Waals surface area (Å²) in [6, 6.07) is 4.07. The molecule has 0 heterocycles. The van der Waals surface area contributed by atoms with Gasteiger partial charge < -0.3 is 10.8 Å². The summed E-state index contributed by atoms with van der Waals surface area (Å²) in [5.41, 5.74) is 3.88. The van der Waals surface area contributed by atoms with E-state index in [1.165, 1.54) is 12.1 Å². The molecule has 0 aliphatic heterocycles. The average Bonchev–Trinajstić information content (AvgIpc) is 2.26. The number of hydrogen-bond acceptors (Lipinski definition) is 5. The van der Waals surface area contributed by atoms with Crippen LogP contribution >= 0.6 is 0 Å². The number of rotatable bonds is 3. The van der Waals surface area contributed by atoms with Crippen molar-refractivity contribution in [2.45, 2.75) is 6.54 Å². The van der Waals surface area contributed by atoms with Crippen LogP contribution in [-0.4, -0.2) is 16.0 Å². The first-order chi connectivity index (χ1) is 7.52. The Balaban J connectivity index is 3.68. The van der Waals surface area contributed by atoms with E-state index in [2.05, 4.69) is 0 Å². The quantitative estimate of drug-likeness (QED) is 0.568. The van der Waals surface area contributed by atoms with Gasteiger partial charge in [-0.2, -0.15) is 5.26 Å². The fraction of sp³-hybridized carbons (Fsp3) is 0.111. The van der Waals surface area contributed by atoms with Crippen molar-refractivity contribution in [1.29, 1.82) is 5.26 Å². The van der Waals surface area contributed by atoms with Gasteiger partial charge >= 0.3 is 11.7 Å². The van der Waals surface area contributed by atoms with Gasteiger partial charge in [0.25, 0.3) is 0 Å². The molecule has 0 fully saturated rings. The Morgan fingerprint density at radius 2 is 2.25 bits per heavy atom. The van der Waals surface area contributed by atoms with Crippen LogP contribution in [0.25, 0.3) is 0 Å². The smallest absolute Gasteiger partial charge is 0.343 e. The van der Waals surface area contributed by atoms with Crippen molar-refractivity contribution in [3.8, 4) is 6.07 Å². The highest BCUT2D eigenvalue weighted by molar-refractivity contribution is 5.95. The van der Waals surface area contributed by atoms with Crippen LogP contribution in [0.15, 0.2) is 12.1 Å². The molecule has 0 aliphatic carbocycles. The van der Waals surface area contributed by atoms with Crippen molar-refractivity contribution in [2.75, 3.05) is 0 Å². The van der Waals surface area contributed by atoms with Gasteiger partial charge in [-0.25, -0.2) is 4.79 Å². The van der Waals surface area contributed by atoms with Gasteiger partial charge in [0, 0.05) is 6.54 Å². The number of nitro benzene ring substituents is 1. The van der Waals surface area contributed by atoms with Crippen LogP contribution in [0.2, 0.25) is 0 Å². The predicted octanol–water partition coefficient (Wildman–Crippen LogP) is 0.623. The summed E-state index contributed by atoms with van der Waals surface area (Å²) in [4.78, 5) is 20.7. The van der Waals surface area contributed by atoms with E-state index < -0.39 is 22.1 Å². The molecular weight excluding hydrogens is 214 g/mol. The standard InChI is InChI=1S/C9H7N3O4/c10-3-5-1-2-6(4-11)8(12(15)16)7(5)9(13)14/h1-2H,3,10H2,(H,13,14). The van der Waals surface area contributed by atoms with Gasteiger partial charge in [0.05, 0.1) is 4.92 Å². The van der Waals surface area contributed by atoms with E-state index >= 15 is 0 Å². The summed E-state index contributed by atoms with van der Waals surface area (Å²) in [5.74, 6) is -1.47. The Morgan fingerprint density at radius 1 is 1.62 bits per heavy atom. The third-order valence-electron chi connectivity index (χ3n) is 2.00. The molecule has 0 unspecified atom stereocenters. The van der Waals surface area contributed by atoms with Gasteiger partial charge in [-0.3, -0.25) is 10.1 Å². The van der Waals surface area contributed by atoms with E-state index in [9.17, 15) is 14.9 Å². The molecule has 7 nitrogen and oxygen atoms in total. The van der Waals surface area contributed by atoms with Crippen molar-refractivity contribution >= 4 is 11.7 Å². The van der Waals surface area contributed by atoms with Gasteiger partial charge in [-0.05, 0) is 11.6 Å². The predicted molar refractivity (Wildman–Crippen MR) is 52.7 cm³/mol. The lowest BCUT2D eigenvalue weighted by atomic mass is 10.0. The number of nitriles is 1. The summed E-state index contributed by atoms with van der Waals surface area (Å²) in [5, 5.41) is 28.3. The van der Waals surface area contributed by atoms with Crippen LogP contribution in [0.5, 0.6) is 0 Å². The monoisotopic (exact) mass is 221 g/mol. The number of carboxylic acid groups (broad SMARTS) is 1. The number of benzene rings is 1. The van der Waals surface area contributed by atoms with Gasteiger partial charge in [-0.15, -0.1) is 0 Å². The molecule has 0 aromatic heterocycles. The molecule has 82 valence electrons. The lowest BCUT2D eigenvalue weighted by Crippen LogP contribution is -2.11. The molecule has 1 aromatic rings. The number of nitrogens with two attached hydrogens (primary N) is 1. The molecule has 0 spiro atoms. The molecular formula is C9H7N3O4. The van der Waals surface area contributed by atoms with Crippen molar-refractivity contribution in [3.63, 3.8) is 0 Å². The number of nitro groups is 1. The first-order valence-electron chi connectivity index (χ1n) is 4.16. The number of nitrogens with zero attached hydrogens (tertiary/aromatic N) is 2. The van der Waals surface area contributed by atoms with Crippen LogP contribution < -0.4 is 5.73 Å². The lowest BCUT2D eigenvalue weighted by molar-refractivity contribution is -0.385. The first-order valence-corrected chi connectivity index (χ1v) is 4.16. The van der Waals surface area contributed by atoms with E-state index in [-0.39, 0.29) is 17.7 Å². The number of hydrogen-bond donors (Lipinski definition) is 2. The topological polar surface area (TPSA) is 130 Å². The fourth-order valence-corrected chi connectivity index (χ4v) is 1.32. The van der Waals surface area contributed by atoms with Crippen molar-refractivity contribution in [3.05, 3.63) is 38.9 Å². The van der Waals surface area contributed by atoms with Crippen LogP contribution in [0.3, 0.4) is 0 Å². The second-order valence-corrected chi connectivity index (χ2v) is 2.87. The van der Waals surface area contributed by atoms with E-state index in [0.29, 0.717) is 0 Å². The maximum atomic E-state index is 10.9. The van der Waals surface area contributed by atoms with Crippen LogP contribution in [0, 0.1) is 21.4 Å². The average molecular weight is 221 g/mol. The fourth-order valence-electron chi connectivity index (χ4n) is 1.32. The second kappa shape index (κ2) is 4.37. The Kier molecular flexibility index (Phi) is 3.17. The third-order valence-corrected chi connectivity index (χ3v) is 2.00. The van der Waals surface area contributed by atoms with Gasteiger partial charge in [0.2, 0.25) is 0 Å². The van der Waals surface area contributed by atoms with Crippen LogP contribution in [0.1, 0.15) is 21.5 Å². The molecule has 0 radical (unpaired) electrons. The molecule has 7 heteroatoms. The molecule has 3 N–H and O–H groups in total. The van der Waals surface area contributed by atoms with E-state index in [1.807, 2.05) is 0 Å². The van der Waals surface area contributed by atoms with Crippen molar-refractivity contribution < 1.29 is 14.8 Å². The Morgan fingerprint density at radius 3 is 2.62 bits per heavy atom. The second-order valence-electron chi connectivity index (χ2n) is 2.87. The molecule has 0 aliphatic rings. The van der Waals surface area contributed by atoms with E-state index in [0.717, 1.165) is 0 Å². The molecule has 16 heavy (non-hydrogen) atoms. The summed E-state index contributed by atoms with van der Waals surface area (Å²) < 4.78 is 0. The lowest BCUT2D eigenvalue weighted by Gasteiger charge is -2.05. The summed E-state index contributed by atoms with van der Waals surface area (Å²) in [7, 11) is 0. The largest absolute Gasteiger partial charge is 0.477 e. The normalized spacial score (nSPS) is 9.50. The zero-order valence-corrected chi connectivity index (χ0v) is 8.01. The Bertz CT molecular complexity index is 504. The molecule has 0 saturated heterocycles. The number of aromatic carboxylic acids is 1. The number of carbonyl (C=O) groups is 1. The summed E-state index contributed by atoms with van der Waals surface area (Å²) in [6.45, 7) is -0.145. The van der Waals surface area contributed by atoms with Crippen molar-refractivity contribution in [2.24, 2.45) is 5.73 Å². The highest BCUT2D eigenvalue weighted by Gasteiger charge is 2.27. The molecule has 1 aromatic carbocycles. The zero-order chi connectivity index (χ0) is 12.3. The Hall–Kier alpha value is -2.46. The van der Waals surface area contributed by atoms with Gasteiger partial charge in [0.1, 0.15) is 17.2 Å². The van der Waals surface area contributed by atoms with Crippen LogP contribution in [-0.2, 0) is 6.54 Å². The SMILES string of the molecule is N#Cc1ccc(CN)c(C(=O)O)c1[N+](=O)[O-]. The number of carboxylic acids is 1. The minimum Gasteiger partial charge on any atom is -0.477 e. The molecule has 1 rings (SSSR count). The van der Waals surface area contributed by atoms with Gasteiger partial charge in [-0.1, -0.05) is 6.07 Å². The molecule has 0 atom stereocenters. The van der Waals surface area contributed by atoms with Crippen molar-refractivity contribution in [1.82, 2.24) is 0 Å². The summed E-state index contributed by atoms with van der Waals surface area (Å²) >= 11 is 0. The maximum absolute atomic E-state index is 10.9. The third kappa shape index (κ3) is 1.82. The minimum absolute atomic E-state index is 0.123. The van der Waals surface area contributed by atoms with Gasteiger partial charge in [0.15, 0.2) is 0 Å².